The van der Waals surface area contributed by atoms with Gasteiger partial charge in [0.1, 0.15) is 11.6 Å². The maximum absolute atomic E-state index is 12.9. The number of ether oxygens (including phenoxy) is 1. The van der Waals surface area contributed by atoms with Gasteiger partial charge in [-0.25, -0.2) is 4.98 Å². The molecule has 9 nitrogen and oxygen atoms in total. The van der Waals surface area contributed by atoms with Gasteiger partial charge in [-0.1, -0.05) is 26.0 Å². The molecule has 2 N–H and O–H groups in total. The molecule has 2 atom stereocenters. The number of Topliss-reactive ketones (excluding diaryl/α,β-unsaturated/α-hetero) is 1. The number of H-pyrrole nitrogens is 1. The topological polar surface area (TPSA) is 127 Å². The predicted octanol–water partition coefficient (Wildman–Crippen LogP) is 4.22. The Morgan fingerprint density at radius 3 is 2.74 bits per heavy atom. The number of carbonyl (C=O) groups excluding carboxylic acids is 2. The number of aromatic amines is 1. The predicted molar refractivity (Wildman–Crippen MR) is 131 cm³/mol. The fourth-order valence-electron chi connectivity index (χ4n) is 5.45. The highest BCUT2D eigenvalue weighted by atomic mass is 16.6. The Morgan fingerprint density at radius 2 is 2.03 bits per heavy atom. The lowest BCUT2D eigenvalue weighted by molar-refractivity contribution is -0.384. The molecule has 1 saturated carbocycles. The SMILES string of the molecule is CC1(C)C[C@H](C(=O)CCC(=O)NC2CCOCC2)[C@H]1CCc1cnc(-c2cccc([N+](=O)[O-])c2)[nH]1. The number of hydrogen-bond acceptors (Lipinski definition) is 6. The first-order valence-corrected chi connectivity index (χ1v) is 12.4. The van der Waals surface area contributed by atoms with E-state index in [-0.39, 0.29) is 53.5 Å². The Kier molecular flexibility index (Phi) is 7.64. The third kappa shape index (κ3) is 6.14. The Hall–Kier alpha value is -3.07. The van der Waals surface area contributed by atoms with Crippen LogP contribution in [-0.4, -0.2) is 45.8 Å². The van der Waals surface area contributed by atoms with Crippen LogP contribution in [0.2, 0.25) is 0 Å². The summed E-state index contributed by atoms with van der Waals surface area (Å²) < 4.78 is 5.32. The maximum atomic E-state index is 12.9. The van der Waals surface area contributed by atoms with Crippen LogP contribution in [0, 0.1) is 27.4 Å². The number of benzene rings is 1. The molecular formula is C26H34N4O5. The standard InChI is InChI=1S/C26H34N4O5/c1-26(2)15-21(23(31)8-9-24(32)28-18-10-12-35-13-11-18)22(26)7-6-19-16-27-25(29-19)17-4-3-5-20(14-17)30(33)34/h3-5,14,16,18,21-22H,6-13,15H2,1-2H3,(H,27,29)(H,28,32)/t21-,22+/m0/s1. The average Bonchev–Trinajstić information content (AvgIpc) is 3.31. The molecule has 1 aliphatic heterocycles. The molecule has 0 spiro atoms. The molecule has 0 radical (unpaired) electrons. The highest BCUT2D eigenvalue weighted by molar-refractivity contribution is 5.87. The molecule has 0 unspecified atom stereocenters. The van der Waals surface area contributed by atoms with Crippen LogP contribution in [0.25, 0.3) is 11.4 Å². The van der Waals surface area contributed by atoms with Gasteiger partial charge in [-0.2, -0.15) is 0 Å². The number of nitro benzene ring substituents is 1. The minimum atomic E-state index is -0.419. The number of hydrogen-bond donors (Lipinski definition) is 2. The second-order valence-electron chi connectivity index (χ2n) is 10.4. The second kappa shape index (κ2) is 10.7. The van der Waals surface area contributed by atoms with Crippen molar-refractivity contribution in [2.45, 2.75) is 64.8 Å². The van der Waals surface area contributed by atoms with Gasteiger partial charge in [-0.3, -0.25) is 19.7 Å². The molecule has 1 amide bonds. The van der Waals surface area contributed by atoms with E-state index in [0.717, 1.165) is 37.8 Å². The molecule has 2 aliphatic rings. The van der Waals surface area contributed by atoms with E-state index in [0.29, 0.717) is 24.6 Å². The number of nitrogens with zero attached hydrogens (tertiary/aromatic N) is 2. The zero-order chi connectivity index (χ0) is 25.0. The van der Waals surface area contributed by atoms with Crippen molar-refractivity contribution in [3.8, 4) is 11.4 Å². The van der Waals surface area contributed by atoms with Crippen LogP contribution in [0.4, 0.5) is 5.69 Å². The molecular weight excluding hydrogens is 448 g/mol. The van der Waals surface area contributed by atoms with E-state index in [4.69, 9.17) is 4.74 Å². The lowest BCUT2D eigenvalue weighted by Gasteiger charge is -2.51. The van der Waals surface area contributed by atoms with Crippen LogP contribution in [0.15, 0.2) is 30.5 Å². The van der Waals surface area contributed by atoms with Crippen LogP contribution < -0.4 is 5.32 Å². The summed E-state index contributed by atoms with van der Waals surface area (Å²) in [4.78, 5) is 43.5. The maximum Gasteiger partial charge on any atom is 0.270 e. The summed E-state index contributed by atoms with van der Waals surface area (Å²) in [7, 11) is 0. The minimum absolute atomic E-state index is 0.0138. The first-order chi connectivity index (χ1) is 16.7. The normalized spacial score (nSPS) is 21.8. The molecule has 9 heteroatoms. The molecule has 35 heavy (non-hydrogen) atoms. The quantitative estimate of drug-likeness (QED) is 0.385. The summed E-state index contributed by atoms with van der Waals surface area (Å²) >= 11 is 0. The Morgan fingerprint density at radius 1 is 1.26 bits per heavy atom. The van der Waals surface area contributed by atoms with Gasteiger partial charge in [0, 0.05) is 67.6 Å². The van der Waals surface area contributed by atoms with Gasteiger partial charge >= 0.3 is 0 Å². The molecule has 1 saturated heterocycles. The fourth-order valence-corrected chi connectivity index (χ4v) is 5.45. The third-order valence-electron chi connectivity index (χ3n) is 7.52. The number of imidazole rings is 1. The molecule has 1 aromatic carbocycles. The van der Waals surface area contributed by atoms with E-state index in [2.05, 4.69) is 29.1 Å². The van der Waals surface area contributed by atoms with Crippen molar-refractivity contribution in [2.24, 2.45) is 17.3 Å². The van der Waals surface area contributed by atoms with E-state index in [1.54, 1.807) is 18.3 Å². The van der Waals surface area contributed by atoms with Gasteiger partial charge in [0.05, 0.1) is 4.92 Å². The zero-order valence-corrected chi connectivity index (χ0v) is 20.4. The molecule has 0 bridgehead atoms. The highest BCUT2D eigenvalue weighted by Crippen LogP contribution is 2.53. The van der Waals surface area contributed by atoms with Crippen LogP contribution >= 0.6 is 0 Å². The summed E-state index contributed by atoms with van der Waals surface area (Å²) in [5, 5.41) is 14.1. The van der Waals surface area contributed by atoms with Gasteiger partial charge in [0.25, 0.3) is 5.69 Å². The number of aromatic nitrogens is 2. The monoisotopic (exact) mass is 482 g/mol. The van der Waals surface area contributed by atoms with Crippen LogP contribution in [0.1, 0.15) is 58.1 Å². The van der Waals surface area contributed by atoms with Gasteiger partial charge in [-0.15, -0.1) is 0 Å². The Balaban J connectivity index is 1.29. The number of non-ortho nitro benzene ring substituents is 1. The highest BCUT2D eigenvalue weighted by Gasteiger charge is 2.49. The number of nitrogens with one attached hydrogen (secondary N) is 2. The molecule has 1 aromatic heterocycles. The number of carbonyl (C=O) groups is 2. The number of nitro groups is 1. The van der Waals surface area contributed by atoms with Gasteiger partial charge < -0.3 is 15.0 Å². The summed E-state index contributed by atoms with van der Waals surface area (Å²) in [5.74, 6) is 0.961. The third-order valence-corrected chi connectivity index (χ3v) is 7.52. The van der Waals surface area contributed by atoms with Gasteiger partial charge in [-0.05, 0) is 43.4 Å². The van der Waals surface area contributed by atoms with Crippen molar-refractivity contribution < 1.29 is 19.2 Å². The second-order valence-corrected chi connectivity index (χ2v) is 10.4. The van der Waals surface area contributed by atoms with Crippen molar-refractivity contribution >= 4 is 17.4 Å². The fraction of sp³-hybridized carbons (Fsp3) is 0.577. The van der Waals surface area contributed by atoms with Crippen LogP contribution in [-0.2, 0) is 20.7 Å². The molecule has 2 fully saturated rings. The van der Waals surface area contributed by atoms with E-state index in [9.17, 15) is 19.7 Å². The average molecular weight is 483 g/mol. The van der Waals surface area contributed by atoms with E-state index >= 15 is 0 Å². The molecule has 2 heterocycles. The molecule has 188 valence electrons. The van der Waals surface area contributed by atoms with Crippen LogP contribution in [0.5, 0.6) is 0 Å². The first kappa shape index (κ1) is 25.0. The van der Waals surface area contributed by atoms with Crippen molar-refractivity contribution in [2.75, 3.05) is 13.2 Å². The molecule has 2 aromatic rings. The summed E-state index contributed by atoms with van der Waals surface area (Å²) in [6, 6.07) is 6.55. The van der Waals surface area contributed by atoms with Crippen LogP contribution in [0.3, 0.4) is 0 Å². The van der Waals surface area contributed by atoms with Crippen molar-refractivity contribution in [1.82, 2.24) is 15.3 Å². The minimum Gasteiger partial charge on any atom is -0.381 e. The number of aryl methyl sites for hydroxylation is 1. The largest absolute Gasteiger partial charge is 0.381 e. The van der Waals surface area contributed by atoms with Gasteiger partial charge in [0.15, 0.2) is 0 Å². The number of rotatable bonds is 10. The smallest absolute Gasteiger partial charge is 0.270 e. The summed E-state index contributed by atoms with van der Waals surface area (Å²) in [6.45, 7) is 5.74. The Bertz CT molecular complexity index is 1070. The summed E-state index contributed by atoms with van der Waals surface area (Å²) in [6.07, 6.45) is 6.37. The number of ketones is 1. The lowest BCUT2D eigenvalue weighted by atomic mass is 9.53. The van der Waals surface area contributed by atoms with Crippen molar-refractivity contribution in [3.63, 3.8) is 0 Å². The van der Waals surface area contributed by atoms with E-state index < -0.39 is 4.92 Å². The molecule has 4 rings (SSSR count). The Labute approximate surface area is 205 Å². The lowest BCUT2D eigenvalue weighted by Crippen LogP contribution is -2.48. The molecule has 1 aliphatic carbocycles. The number of amides is 1. The zero-order valence-electron chi connectivity index (χ0n) is 20.4. The van der Waals surface area contributed by atoms with Crippen molar-refractivity contribution in [3.05, 3.63) is 46.3 Å². The van der Waals surface area contributed by atoms with E-state index in [1.807, 2.05) is 0 Å². The van der Waals surface area contributed by atoms with Gasteiger partial charge in [0.2, 0.25) is 5.91 Å². The summed E-state index contributed by atoms with van der Waals surface area (Å²) in [5.41, 5.74) is 1.71. The van der Waals surface area contributed by atoms with Crippen molar-refractivity contribution in [1.29, 1.82) is 0 Å². The van der Waals surface area contributed by atoms with E-state index in [1.165, 1.54) is 12.1 Å². The first-order valence-electron chi connectivity index (χ1n) is 12.4.